The van der Waals surface area contributed by atoms with Crippen LogP contribution < -0.4 is 4.89 Å². The first-order valence-corrected chi connectivity index (χ1v) is 11.8. The van der Waals surface area contributed by atoms with Gasteiger partial charge < -0.3 is 33.3 Å². The van der Waals surface area contributed by atoms with E-state index in [-0.39, 0.29) is 42.7 Å². The van der Waals surface area contributed by atoms with Gasteiger partial charge in [0.05, 0.1) is 43.2 Å². The van der Waals surface area contributed by atoms with Crippen LogP contribution in [0.5, 0.6) is 0 Å². The van der Waals surface area contributed by atoms with E-state index in [1.165, 1.54) is 0 Å². The summed E-state index contributed by atoms with van der Waals surface area (Å²) < 4.78 is 40.2. The van der Waals surface area contributed by atoms with Crippen LogP contribution in [0.3, 0.4) is 0 Å². The first-order valence-electron chi connectivity index (χ1n) is 10.4. The summed E-state index contributed by atoms with van der Waals surface area (Å²) in [7, 11) is -4.72. The van der Waals surface area contributed by atoms with Crippen molar-refractivity contribution < 1.29 is 37.8 Å². The van der Waals surface area contributed by atoms with Crippen LogP contribution in [-0.4, -0.2) is 54.4 Å². The van der Waals surface area contributed by atoms with Crippen molar-refractivity contribution in [1.29, 1.82) is 0 Å². The van der Waals surface area contributed by atoms with Gasteiger partial charge in [-0.15, -0.1) is 0 Å². The summed E-state index contributed by atoms with van der Waals surface area (Å²) in [6.07, 6.45) is -1.60. The van der Waals surface area contributed by atoms with Gasteiger partial charge in [0, 0.05) is 12.3 Å². The molecule has 9 heteroatoms. The van der Waals surface area contributed by atoms with E-state index in [9.17, 15) is 14.6 Å². The molecule has 2 fully saturated rings. The zero-order chi connectivity index (χ0) is 21.9. The molecule has 1 aliphatic heterocycles. The van der Waals surface area contributed by atoms with Gasteiger partial charge in [0.2, 0.25) is 0 Å². The Balaban J connectivity index is 2.00. The maximum atomic E-state index is 12.6. The van der Waals surface area contributed by atoms with Crippen LogP contribution in [0.4, 0.5) is 0 Å². The van der Waals surface area contributed by atoms with E-state index in [0.717, 1.165) is 0 Å². The molecule has 2 rings (SSSR count). The second-order valence-corrected chi connectivity index (χ2v) is 10.0. The highest BCUT2D eigenvalue weighted by Crippen LogP contribution is 2.49. The lowest BCUT2D eigenvalue weighted by Gasteiger charge is -2.32. The normalized spacial score (nSPS) is 37.2. The monoisotopic (exact) mass is 435 g/mol. The number of phosphoric acid groups is 1. The molecule has 8 atom stereocenters. The lowest BCUT2D eigenvalue weighted by molar-refractivity contribution is -0.229. The molecule has 2 aliphatic rings. The second kappa shape index (κ2) is 10.2. The number of rotatable bonds is 10. The number of aliphatic hydroxyl groups is 1. The van der Waals surface area contributed by atoms with Crippen LogP contribution in [-0.2, 0) is 27.8 Å². The molecule has 4 unspecified atom stereocenters. The highest BCUT2D eigenvalue weighted by molar-refractivity contribution is 7.46. The molecule has 0 aromatic carbocycles. The fourth-order valence-corrected chi connectivity index (χ4v) is 4.95. The Hall–Kier alpha value is -0.470. The summed E-state index contributed by atoms with van der Waals surface area (Å²) in [5, 5.41) is 10.4. The molecule has 1 N–H and O–H groups in total. The van der Waals surface area contributed by atoms with Gasteiger partial charge >= 0.3 is 7.82 Å². The van der Waals surface area contributed by atoms with E-state index < -0.39 is 32.1 Å². The van der Waals surface area contributed by atoms with Crippen LogP contribution >= 0.6 is 7.82 Å². The SMILES string of the molecule is C=C(OP(=O)([O-])OC1C[C@H](C)C(O)[C@@H]1COC(C)C)[C@H]1O[C@@H](C)CC1OC(C)C. The van der Waals surface area contributed by atoms with Crippen molar-refractivity contribution in [3.63, 3.8) is 0 Å². The summed E-state index contributed by atoms with van der Waals surface area (Å²) in [5.41, 5.74) is 0. The molecule has 8 nitrogen and oxygen atoms in total. The minimum absolute atomic E-state index is 0.0340. The minimum atomic E-state index is -4.72. The summed E-state index contributed by atoms with van der Waals surface area (Å²) in [4.78, 5) is 12.6. The molecule has 0 radical (unpaired) electrons. The zero-order valence-corrected chi connectivity index (χ0v) is 19.2. The number of hydrogen-bond acceptors (Lipinski definition) is 8. The van der Waals surface area contributed by atoms with E-state index in [0.29, 0.717) is 12.8 Å². The van der Waals surface area contributed by atoms with Crippen LogP contribution in [0, 0.1) is 11.8 Å². The molecule has 0 aromatic rings. The minimum Gasteiger partial charge on any atom is -0.746 e. The average Bonchev–Trinajstić information content (AvgIpc) is 3.04. The van der Waals surface area contributed by atoms with Crippen molar-refractivity contribution >= 4 is 7.82 Å². The van der Waals surface area contributed by atoms with E-state index in [1.807, 2.05) is 41.5 Å². The quantitative estimate of drug-likeness (QED) is 0.412. The third-order valence-corrected chi connectivity index (χ3v) is 6.25. The Labute approximate surface area is 174 Å². The van der Waals surface area contributed by atoms with Gasteiger partial charge in [0.25, 0.3) is 0 Å². The first-order chi connectivity index (χ1) is 13.4. The number of ether oxygens (including phenoxy) is 3. The molecule has 0 spiro atoms. The molecule has 1 heterocycles. The van der Waals surface area contributed by atoms with Gasteiger partial charge in [-0.25, -0.2) is 0 Å². The molecule has 1 saturated carbocycles. The van der Waals surface area contributed by atoms with Crippen molar-refractivity contribution in [3.8, 4) is 0 Å². The summed E-state index contributed by atoms with van der Waals surface area (Å²) >= 11 is 0. The third-order valence-electron chi connectivity index (χ3n) is 5.26. The van der Waals surface area contributed by atoms with Crippen LogP contribution in [0.1, 0.15) is 54.4 Å². The van der Waals surface area contributed by atoms with E-state index >= 15 is 0 Å². The maximum absolute atomic E-state index is 12.6. The largest absolute Gasteiger partial charge is 0.746 e. The topological polar surface area (TPSA) is 107 Å². The number of phosphoric ester groups is 1. The van der Waals surface area contributed by atoms with E-state index in [2.05, 4.69) is 6.58 Å². The molecular weight excluding hydrogens is 399 g/mol. The van der Waals surface area contributed by atoms with Crippen molar-refractivity contribution in [2.45, 2.75) is 97.1 Å². The van der Waals surface area contributed by atoms with Crippen molar-refractivity contribution in [2.24, 2.45) is 11.8 Å². The molecule has 1 aliphatic carbocycles. The van der Waals surface area contributed by atoms with E-state index in [1.54, 1.807) is 0 Å². The maximum Gasteiger partial charge on any atom is 0.319 e. The van der Waals surface area contributed by atoms with Gasteiger partial charge in [0.1, 0.15) is 11.9 Å². The standard InChI is InChI=1S/C20H37O8P/c1-11(2)24-10-16-17(8-13(5)19(16)21)28-29(22,23)27-15(7)20-18(25-12(3)4)9-14(6)26-20/h11-14,16-21H,7-10H2,1-6H3,(H,22,23)/p-1/t13-,14-,16+,17?,18?,19?,20+/m0/s1. The van der Waals surface area contributed by atoms with Crippen molar-refractivity contribution in [3.05, 3.63) is 12.3 Å². The Morgan fingerprint density at radius 1 is 1.21 bits per heavy atom. The molecule has 0 aromatic heterocycles. The molecule has 0 bridgehead atoms. The van der Waals surface area contributed by atoms with Gasteiger partial charge in [-0.1, -0.05) is 13.5 Å². The van der Waals surface area contributed by atoms with Gasteiger partial charge in [-0.2, -0.15) is 0 Å². The average molecular weight is 435 g/mol. The summed E-state index contributed by atoms with van der Waals surface area (Å²) in [6.45, 7) is 15.3. The van der Waals surface area contributed by atoms with Crippen molar-refractivity contribution in [2.75, 3.05) is 6.61 Å². The Morgan fingerprint density at radius 3 is 2.45 bits per heavy atom. The number of aliphatic hydroxyl groups excluding tert-OH is 1. The van der Waals surface area contributed by atoms with Crippen LogP contribution in [0.25, 0.3) is 0 Å². The summed E-state index contributed by atoms with van der Waals surface area (Å²) in [5.74, 6) is -0.613. The lowest BCUT2D eigenvalue weighted by Crippen LogP contribution is -2.33. The highest BCUT2D eigenvalue weighted by atomic mass is 31.2. The second-order valence-electron chi connectivity index (χ2n) is 8.72. The Bertz CT molecular complexity index is 595. The number of hydrogen-bond donors (Lipinski definition) is 1. The fraction of sp³-hybridized carbons (Fsp3) is 0.900. The van der Waals surface area contributed by atoms with Gasteiger partial charge in [-0.3, -0.25) is 4.57 Å². The fourth-order valence-electron chi connectivity index (χ4n) is 3.94. The Kier molecular flexibility index (Phi) is 8.74. The Morgan fingerprint density at radius 2 is 1.86 bits per heavy atom. The van der Waals surface area contributed by atoms with Crippen molar-refractivity contribution in [1.82, 2.24) is 0 Å². The third kappa shape index (κ3) is 7.03. The summed E-state index contributed by atoms with van der Waals surface area (Å²) in [6, 6.07) is 0. The van der Waals surface area contributed by atoms with Crippen LogP contribution in [0.15, 0.2) is 12.3 Å². The van der Waals surface area contributed by atoms with Gasteiger partial charge in [-0.05, 0) is 47.0 Å². The lowest BCUT2D eigenvalue weighted by atomic mass is 10.0. The van der Waals surface area contributed by atoms with Crippen LogP contribution in [0.2, 0.25) is 0 Å². The van der Waals surface area contributed by atoms with Gasteiger partial charge in [0.15, 0.2) is 0 Å². The zero-order valence-electron chi connectivity index (χ0n) is 18.3. The molecule has 29 heavy (non-hydrogen) atoms. The predicted molar refractivity (Wildman–Crippen MR) is 106 cm³/mol. The first kappa shape index (κ1) is 24.8. The van der Waals surface area contributed by atoms with E-state index in [4.69, 9.17) is 23.3 Å². The molecule has 1 saturated heterocycles. The molecule has 170 valence electrons. The smallest absolute Gasteiger partial charge is 0.319 e. The molecular formula is C20H36O8P-. The highest BCUT2D eigenvalue weighted by Gasteiger charge is 2.44. The molecule has 0 amide bonds. The predicted octanol–water partition coefficient (Wildman–Crippen LogP) is 2.78.